The molecular formula is C12H25NO. The van der Waals surface area contributed by atoms with Gasteiger partial charge in [0.25, 0.3) is 0 Å². The minimum absolute atomic E-state index is 0.384. The minimum Gasteiger partial charge on any atom is -0.376 e. The maximum atomic E-state index is 5.82. The second kappa shape index (κ2) is 5.72. The molecule has 1 saturated carbocycles. The first-order chi connectivity index (χ1) is 6.58. The van der Waals surface area contributed by atoms with E-state index < -0.39 is 0 Å². The zero-order chi connectivity index (χ0) is 10.6. The standard InChI is InChI=1S/C12H25NO/c1-9(2)13-11-5-7-12(8-6-11)14-10(3)4/h9-13H,5-8H2,1-4H3/t11-,12-. The van der Waals surface area contributed by atoms with Crippen LogP contribution in [0.4, 0.5) is 0 Å². The van der Waals surface area contributed by atoms with Crippen LogP contribution in [0.2, 0.25) is 0 Å². The molecule has 1 rings (SSSR count). The van der Waals surface area contributed by atoms with Gasteiger partial charge in [0, 0.05) is 12.1 Å². The fraction of sp³-hybridized carbons (Fsp3) is 1.00. The van der Waals surface area contributed by atoms with E-state index in [1.54, 1.807) is 0 Å². The monoisotopic (exact) mass is 199 g/mol. The first-order valence-corrected chi connectivity index (χ1v) is 5.99. The Bertz CT molecular complexity index is 130. The molecule has 0 aromatic heterocycles. The summed E-state index contributed by atoms with van der Waals surface area (Å²) in [6, 6.07) is 1.34. The number of nitrogens with one attached hydrogen (secondary N) is 1. The van der Waals surface area contributed by atoms with E-state index in [2.05, 4.69) is 33.0 Å². The van der Waals surface area contributed by atoms with Crippen LogP contribution in [-0.2, 0) is 4.74 Å². The Morgan fingerprint density at radius 2 is 1.57 bits per heavy atom. The molecule has 0 aromatic rings. The fourth-order valence-corrected chi connectivity index (χ4v) is 2.22. The van der Waals surface area contributed by atoms with Crippen LogP contribution >= 0.6 is 0 Å². The van der Waals surface area contributed by atoms with Crippen LogP contribution in [0.25, 0.3) is 0 Å². The quantitative estimate of drug-likeness (QED) is 0.751. The summed E-state index contributed by atoms with van der Waals surface area (Å²) in [7, 11) is 0. The van der Waals surface area contributed by atoms with Crippen molar-refractivity contribution in [1.29, 1.82) is 0 Å². The smallest absolute Gasteiger partial charge is 0.0579 e. The number of hydrogen-bond acceptors (Lipinski definition) is 2. The van der Waals surface area contributed by atoms with E-state index in [9.17, 15) is 0 Å². The second-order valence-electron chi connectivity index (χ2n) is 4.98. The van der Waals surface area contributed by atoms with Gasteiger partial charge in [-0.3, -0.25) is 0 Å². The molecule has 0 aromatic carbocycles. The highest BCUT2D eigenvalue weighted by molar-refractivity contribution is 4.78. The van der Waals surface area contributed by atoms with Crippen molar-refractivity contribution >= 4 is 0 Å². The fourth-order valence-electron chi connectivity index (χ4n) is 2.22. The third-order valence-electron chi connectivity index (χ3n) is 2.71. The Balaban J connectivity index is 2.17. The Labute approximate surface area is 88.4 Å². The predicted molar refractivity (Wildman–Crippen MR) is 60.5 cm³/mol. The van der Waals surface area contributed by atoms with E-state index in [1.165, 1.54) is 25.7 Å². The normalized spacial score (nSPS) is 28.7. The van der Waals surface area contributed by atoms with E-state index in [0.717, 1.165) is 6.04 Å². The summed E-state index contributed by atoms with van der Waals surface area (Å²) >= 11 is 0. The van der Waals surface area contributed by atoms with Gasteiger partial charge < -0.3 is 10.1 Å². The van der Waals surface area contributed by atoms with Gasteiger partial charge in [-0.1, -0.05) is 13.8 Å². The van der Waals surface area contributed by atoms with E-state index in [4.69, 9.17) is 4.74 Å². The van der Waals surface area contributed by atoms with Crippen LogP contribution in [0, 0.1) is 0 Å². The molecule has 84 valence electrons. The maximum absolute atomic E-state index is 5.82. The molecular weight excluding hydrogens is 174 g/mol. The molecule has 0 spiro atoms. The highest BCUT2D eigenvalue weighted by Crippen LogP contribution is 2.22. The van der Waals surface area contributed by atoms with Gasteiger partial charge in [0.15, 0.2) is 0 Å². The van der Waals surface area contributed by atoms with E-state index in [-0.39, 0.29) is 0 Å². The van der Waals surface area contributed by atoms with Gasteiger partial charge >= 0.3 is 0 Å². The SMILES string of the molecule is CC(C)N[C@H]1CC[C@H](OC(C)C)CC1. The van der Waals surface area contributed by atoms with Crippen molar-refractivity contribution < 1.29 is 4.74 Å². The summed E-state index contributed by atoms with van der Waals surface area (Å²) in [6.07, 6.45) is 5.89. The van der Waals surface area contributed by atoms with Gasteiger partial charge in [-0.15, -0.1) is 0 Å². The summed E-state index contributed by atoms with van der Waals surface area (Å²) in [5, 5.41) is 3.60. The Morgan fingerprint density at radius 1 is 1.00 bits per heavy atom. The Kier molecular flexibility index (Phi) is 4.90. The number of rotatable bonds is 4. The Morgan fingerprint density at radius 3 is 2.00 bits per heavy atom. The van der Waals surface area contributed by atoms with Crippen molar-refractivity contribution in [2.45, 2.75) is 77.7 Å². The molecule has 0 aliphatic heterocycles. The summed E-state index contributed by atoms with van der Waals surface area (Å²) in [5.41, 5.74) is 0. The lowest BCUT2D eigenvalue weighted by atomic mass is 9.92. The molecule has 14 heavy (non-hydrogen) atoms. The second-order valence-corrected chi connectivity index (χ2v) is 4.98. The summed E-state index contributed by atoms with van der Waals surface area (Å²) in [5.74, 6) is 0. The van der Waals surface area contributed by atoms with Crippen LogP contribution in [-0.4, -0.2) is 24.3 Å². The van der Waals surface area contributed by atoms with Crippen LogP contribution in [0.15, 0.2) is 0 Å². The molecule has 0 atom stereocenters. The highest BCUT2D eigenvalue weighted by atomic mass is 16.5. The average Bonchev–Trinajstić information content (AvgIpc) is 2.06. The predicted octanol–water partition coefficient (Wildman–Crippen LogP) is 2.72. The van der Waals surface area contributed by atoms with Crippen LogP contribution in [0.1, 0.15) is 53.4 Å². The Hall–Kier alpha value is -0.0800. The highest BCUT2D eigenvalue weighted by Gasteiger charge is 2.22. The first-order valence-electron chi connectivity index (χ1n) is 5.99. The molecule has 1 aliphatic rings. The van der Waals surface area contributed by atoms with Gasteiger partial charge in [-0.05, 0) is 39.5 Å². The molecule has 1 N–H and O–H groups in total. The van der Waals surface area contributed by atoms with Crippen molar-refractivity contribution in [2.24, 2.45) is 0 Å². The summed E-state index contributed by atoms with van der Waals surface area (Å²) < 4.78 is 5.82. The van der Waals surface area contributed by atoms with Crippen LogP contribution in [0.3, 0.4) is 0 Å². The van der Waals surface area contributed by atoms with E-state index >= 15 is 0 Å². The number of hydrogen-bond donors (Lipinski definition) is 1. The number of ether oxygens (including phenoxy) is 1. The third-order valence-corrected chi connectivity index (χ3v) is 2.71. The molecule has 2 nitrogen and oxygen atoms in total. The van der Waals surface area contributed by atoms with Crippen molar-refractivity contribution in [1.82, 2.24) is 5.32 Å². The molecule has 2 heteroatoms. The lowest BCUT2D eigenvalue weighted by molar-refractivity contribution is -0.0165. The van der Waals surface area contributed by atoms with Crippen LogP contribution < -0.4 is 5.32 Å². The van der Waals surface area contributed by atoms with Gasteiger partial charge in [0.1, 0.15) is 0 Å². The molecule has 0 amide bonds. The lowest BCUT2D eigenvalue weighted by Crippen LogP contribution is -2.39. The molecule has 0 bridgehead atoms. The van der Waals surface area contributed by atoms with Gasteiger partial charge in [0.2, 0.25) is 0 Å². The molecule has 0 heterocycles. The van der Waals surface area contributed by atoms with Crippen molar-refractivity contribution in [3.05, 3.63) is 0 Å². The van der Waals surface area contributed by atoms with Crippen LogP contribution in [0.5, 0.6) is 0 Å². The molecule has 0 saturated heterocycles. The summed E-state index contributed by atoms with van der Waals surface area (Å²) in [6.45, 7) is 8.68. The zero-order valence-electron chi connectivity index (χ0n) is 10.0. The summed E-state index contributed by atoms with van der Waals surface area (Å²) in [4.78, 5) is 0. The average molecular weight is 199 g/mol. The third kappa shape index (κ3) is 4.43. The van der Waals surface area contributed by atoms with Crippen molar-refractivity contribution in [3.8, 4) is 0 Å². The van der Waals surface area contributed by atoms with Gasteiger partial charge in [-0.2, -0.15) is 0 Å². The molecule has 1 aliphatic carbocycles. The maximum Gasteiger partial charge on any atom is 0.0579 e. The zero-order valence-corrected chi connectivity index (χ0v) is 10.0. The molecule has 0 radical (unpaired) electrons. The molecule has 0 unspecified atom stereocenters. The van der Waals surface area contributed by atoms with Gasteiger partial charge in [0.05, 0.1) is 12.2 Å². The lowest BCUT2D eigenvalue weighted by Gasteiger charge is -2.31. The topological polar surface area (TPSA) is 21.3 Å². The van der Waals surface area contributed by atoms with Crippen molar-refractivity contribution in [2.75, 3.05) is 0 Å². The van der Waals surface area contributed by atoms with E-state index in [1.807, 2.05) is 0 Å². The largest absolute Gasteiger partial charge is 0.376 e. The van der Waals surface area contributed by atoms with Crippen molar-refractivity contribution in [3.63, 3.8) is 0 Å². The molecule has 1 fully saturated rings. The first kappa shape index (κ1) is 12.0. The minimum atomic E-state index is 0.384. The van der Waals surface area contributed by atoms with Gasteiger partial charge in [-0.25, -0.2) is 0 Å². The van der Waals surface area contributed by atoms with E-state index in [0.29, 0.717) is 18.2 Å².